The average molecular weight is 274 g/mol. The first-order valence-corrected chi connectivity index (χ1v) is 7.66. The molecule has 0 heterocycles. The van der Waals surface area contributed by atoms with E-state index in [2.05, 4.69) is 0 Å². The summed E-state index contributed by atoms with van der Waals surface area (Å²) < 4.78 is 10.9. The zero-order valence-corrected chi connectivity index (χ0v) is 12.9. The van der Waals surface area contributed by atoms with Gasteiger partial charge in [0.15, 0.2) is 0 Å². The summed E-state index contributed by atoms with van der Waals surface area (Å²) in [6, 6.07) is 0. The molecule has 0 aliphatic heterocycles. The molecule has 0 spiro atoms. The first kappa shape index (κ1) is 19.9. The molecule has 0 rings (SSSR count). The van der Waals surface area contributed by atoms with Crippen LogP contribution in [0, 0.1) is 0 Å². The van der Waals surface area contributed by atoms with Crippen LogP contribution >= 0.6 is 0 Å². The Morgan fingerprint density at radius 1 is 1.11 bits per heavy atom. The van der Waals surface area contributed by atoms with Crippen LogP contribution in [0.1, 0.15) is 40.5 Å². The third-order valence-electron chi connectivity index (χ3n) is 1.58. The van der Waals surface area contributed by atoms with Crippen LogP contribution in [0.3, 0.4) is 0 Å². The van der Waals surface area contributed by atoms with E-state index in [9.17, 15) is 4.79 Å². The molecule has 5 nitrogen and oxygen atoms in total. The van der Waals surface area contributed by atoms with Gasteiger partial charge in [-0.3, -0.25) is 0 Å². The molecule has 0 saturated carbocycles. The average Bonchev–Trinajstić information content (AvgIpc) is 2.28. The van der Waals surface area contributed by atoms with Gasteiger partial charge in [-0.1, -0.05) is 0 Å². The molecule has 0 aliphatic carbocycles. The van der Waals surface area contributed by atoms with Gasteiger partial charge in [-0.2, -0.15) is 0 Å². The van der Waals surface area contributed by atoms with Crippen LogP contribution in [-0.4, -0.2) is 45.3 Å². The van der Waals surface area contributed by atoms with Crippen molar-refractivity contribution in [2.24, 2.45) is 0 Å². The van der Waals surface area contributed by atoms with E-state index in [0.29, 0.717) is 13.2 Å². The summed E-state index contributed by atoms with van der Waals surface area (Å²) in [6.45, 7) is 8.23. The Labute approximate surface area is 116 Å². The molecule has 0 aromatic carbocycles. The van der Waals surface area contributed by atoms with Crippen molar-refractivity contribution in [2.45, 2.75) is 52.1 Å². The van der Waals surface area contributed by atoms with Gasteiger partial charge in [-0.25, -0.2) is 0 Å². The van der Waals surface area contributed by atoms with Gasteiger partial charge in [0.05, 0.1) is 0 Å². The third-order valence-corrected chi connectivity index (χ3v) is 2.67. The van der Waals surface area contributed by atoms with Crippen molar-refractivity contribution < 1.29 is 24.2 Å². The van der Waals surface area contributed by atoms with E-state index in [4.69, 9.17) is 19.4 Å². The van der Waals surface area contributed by atoms with Gasteiger partial charge < -0.3 is 9.90 Å². The van der Waals surface area contributed by atoms with Crippen LogP contribution in [-0.2, 0) is 19.1 Å². The van der Waals surface area contributed by atoms with E-state index in [-0.39, 0.29) is 19.9 Å². The van der Waals surface area contributed by atoms with E-state index in [1.165, 1.54) is 0 Å². The molecule has 6 heteroatoms. The first-order valence-electron chi connectivity index (χ1n) is 6.27. The second kappa shape index (κ2) is 14.7. The van der Waals surface area contributed by atoms with Crippen molar-refractivity contribution in [3.63, 3.8) is 0 Å². The zero-order chi connectivity index (χ0) is 14.4. The Bertz CT molecular complexity index is 209. The van der Waals surface area contributed by atoms with Gasteiger partial charge in [-0.05, 0) is 6.92 Å². The molecule has 104 valence electrons. The molecule has 0 aliphatic rings. The summed E-state index contributed by atoms with van der Waals surface area (Å²) in [5, 5.41) is 9.82. The van der Waals surface area contributed by atoms with E-state index in [1.54, 1.807) is 0 Å². The zero-order valence-electron chi connectivity index (χ0n) is 11.7. The fraction of sp³-hybridized carbons (Fsp3) is 0.833. The first-order chi connectivity index (χ1) is 8.49. The number of carbonyl (C=O) groups is 2. The van der Waals surface area contributed by atoms with Crippen LogP contribution in [0.2, 0.25) is 5.28 Å². The fourth-order valence-electron chi connectivity index (χ4n) is 0.960. The van der Waals surface area contributed by atoms with Crippen molar-refractivity contribution in [1.29, 1.82) is 0 Å². The van der Waals surface area contributed by atoms with Crippen molar-refractivity contribution in [3.05, 3.63) is 0 Å². The van der Waals surface area contributed by atoms with Crippen LogP contribution in [0.15, 0.2) is 0 Å². The number of carboxylic acids is 1. The molecule has 0 saturated heterocycles. The van der Waals surface area contributed by atoms with Crippen molar-refractivity contribution in [2.75, 3.05) is 13.2 Å². The molecule has 0 unspecified atom stereocenters. The molecule has 0 radical (unpaired) electrons. The molecular formula is C12H23AlO5. The normalized spacial score (nSPS) is 9.39. The predicted octanol–water partition coefficient (Wildman–Crippen LogP) is 0.591. The maximum atomic E-state index is 11.5. The standard InChI is InChI=1S/C8H15O3.C2H4O2.C2H5.Al/c1-3-5-10-8(7-9)11-6-4-2;1-2(3)4;1-2;/h8H,3-6H2,1-2H3;1H3,(H,3,4);1H2,2H3;/q;;;+1/p-1. The minimum atomic E-state index is -1.08. The Hall–Kier alpha value is -0.408. The van der Waals surface area contributed by atoms with Gasteiger partial charge in [0.1, 0.15) is 0 Å². The van der Waals surface area contributed by atoms with Gasteiger partial charge in [-0.15, -0.1) is 0 Å². The number of carboxylic acid groups (broad SMARTS) is 1. The Balaban J connectivity index is 0. The second-order valence-corrected chi connectivity index (χ2v) is 5.37. The molecule has 0 aromatic heterocycles. The van der Waals surface area contributed by atoms with E-state index >= 15 is 0 Å². The Morgan fingerprint density at radius 3 is 1.78 bits per heavy atom. The molecule has 18 heavy (non-hydrogen) atoms. The summed E-state index contributed by atoms with van der Waals surface area (Å²) in [7, 11) is 0. The number of rotatable bonds is 9. The van der Waals surface area contributed by atoms with Crippen LogP contribution in [0.25, 0.3) is 0 Å². The van der Waals surface area contributed by atoms with E-state index < -0.39 is 12.3 Å². The Kier molecular flexibility index (Phi) is 16.2. The molecule has 0 amide bonds. The van der Waals surface area contributed by atoms with E-state index in [1.807, 2.05) is 20.8 Å². The third kappa shape index (κ3) is 15.6. The van der Waals surface area contributed by atoms with Crippen molar-refractivity contribution in [3.8, 4) is 0 Å². The number of carbonyl (C=O) groups excluding carboxylic acids is 2. The van der Waals surface area contributed by atoms with Crippen LogP contribution < -0.4 is 5.11 Å². The molecule has 0 aromatic rings. The monoisotopic (exact) mass is 274 g/mol. The summed E-state index contributed by atoms with van der Waals surface area (Å²) in [5.74, 6) is -1.08. The summed E-state index contributed by atoms with van der Waals surface area (Å²) in [5.41, 5.74) is 0. The number of hydrogen-bond acceptors (Lipinski definition) is 5. The SMILES string of the molecule is CC(=O)[O-].CCCOC(OCCC)[C](=O)[Al+][CH2]C. The molecule has 0 fully saturated rings. The van der Waals surface area contributed by atoms with Crippen LogP contribution in [0.4, 0.5) is 0 Å². The molecular weight excluding hydrogens is 251 g/mol. The number of hydrogen-bond donors (Lipinski definition) is 0. The molecule has 0 N–H and O–H groups in total. The minimum absolute atomic E-state index is 0.148. The van der Waals surface area contributed by atoms with Crippen molar-refractivity contribution >= 4 is 25.8 Å². The van der Waals surface area contributed by atoms with Gasteiger partial charge in [0.2, 0.25) is 0 Å². The second-order valence-electron chi connectivity index (χ2n) is 3.58. The maximum absolute atomic E-state index is 11.5. The van der Waals surface area contributed by atoms with Gasteiger partial charge in [0, 0.05) is 5.97 Å². The van der Waals surface area contributed by atoms with E-state index in [0.717, 1.165) is 25.0 Å². The van der Waals surface area contributed by atoms with Crippen molar-refractivity contribution in [1.82, 2.24) is 0 Å². The summed E-state index contributed by atoms with van der Waals surface area (Å²) >= 11 is -0.172. The molecule has 0 atom stereocenters. The summed E-state index contributed by atoms with van der Waals surface area (Å²) in [6.07, 6.45) is 1.24. The van der Waals surface area contributed by atoms with Gasteiger partial charge >= 0.3 is 92.5 Å². The molecule has 0 bridgehead atoms. The van der Waals surface area contributed by atoms with Gasteiger partial charge in [0.25, 0.3) is 0 Å². The topological polar surface area (TPSA) is 75.7 Å². The summed E-state index contributed by atoms with van der Waals surface area (Å²) in [4.78, 5) is 20.4. The Morgan fingerprint density at radius 2 is 1.50 bits per heavy atom. The fourth-order valence-corrected chi connectivity index (χ4v) is 1.75. The number of aliphatic carboxylic acids is 1. The van der Waals surface area contributed by atoms with Crippen LogP contribution in [0.5, 0.6) is 0 Å². The predicted molar refractivity (Wildman–Crippen MR) is 68.2 cm³/mol. The quantitative estimate of drug-likeness (QED) is 0.454. The number of ether oxygens (including phenoxy) is 2.